The van der Waals surface area contributed by atoms with E-state index < -0.39 is 0 Å². The van der Waals surface area contributed by atoms with Crippen molar-refractivity contribution in [3.8, 4) is 0 Å². The number of pyridine rings is 1. The first-order chi connectivity index (χ1) is 11.8. The summed E-state index contributed by atoms with van der Waals surface area (Å²) in [6, 6.07) is 4.45. The Morgan fingerprint density at radius 3 is 3.04 bits per heavy atom. The molecule has 124 valence electrons. The number of nitrogens with zero attached hydrogens (tertiary/aromatic N) is 5. The van der Waals surface area contributed by atoms with Gasteiger partial charge in [-0.1, -0.05) is 0 Å². The highest BCUT2D eigenvalue weighted by molar-refractivity contribution is 5.77. The number of rotatable bonds is 4. The molecule has 7 heteroatoms. The molecular formula is C17H21N7. The van der Waals surface area contributed by atoms with E-state index in [1.54, 1.807) is 12.4 Å². The molecule has 0 radical (unpaired) electrons. The molecule has 0 spiro atoms. The lowest BCUT2D eigenvalue weighted by Crippen LogP contribution is -2.46. The van der Waals surface area contributed by atoms with Gasteiger partial charge in [-0.25, -0.2) is 15.0 Å². The van der Waals surface area contributed by atoms with Gasteiger partial charge in [0.1, 0.15) is 0 Å². The lowest BCUT2D eigenvalue weighted by molar-refractivity contribution is 0.418. The summed E-state index contributed by atoms with van der Waals surface area (Å²) >= 11 is 0. The molecule has 0 bridgehead atoms. The van der Waals surface area contributed by atoms with Gasteiger partial charge in [0.25, 0.3) is 0 Å². The maximum Gasteiger partial charge on any atom is 0.225 e. The predicted molar refractivity (Wildman–Crippen MR) is 92.7 cm³/mol. The van der Waals surface area contributed by atoms with Crippen LogP contribution in [0.1, 0.15) is 24.1 Å². The van der Waals surface area contributed by atoms with Gasteiger partial charge in [0, 0.05) is 55.3 Å². The maximum absolute atomic E-state index is 4.42. The second kappa shape index (κ2) is 6.52. The van der Waals surface area contributed by atoms with E-state index in [1.165, 1.54) is 12.0 Å². The molecule has 1 aliphatic rings. The van der Waals surface area contributed by atoms with Crippen LogP contribution in [0, 0.1) is 6.92 Å². The molecule has 1 atom stereocenters. The molecule has 2 N–H and O–H groups in total. The third kappa shape index (κ3) is 3.07. The fourth-order valence-electron chi connectivity index (χ4n) is 3.20. The van der Waals surface area contributed by atoms with Crippen LogP contribution in [0.5, 0.6) is 0 Å². The van der Waals surface area contributed by atoms with Crippen molar-refractivity contribution >= 4 is 17.0 Å². The number of hydrogen-bond donors (Lipinski definition) is 2. The van der Waals surface area contributed by atoms with E-state index in [1.807, 2.05) is 19.2 Å². The molecule has 4 rings (SSSR count). The normalized spacial score (nSPS) is 18.2. The van der Waals surface area contributed by atoms with Crippen molar-refractivity contribution in [2.24, 2.45) is 0 Å². The minimum atomic E-state index is 0.434. The summed E-state index contributed by atoms with van der Waals surface area (Å²) in [7, 11) is 0. The van der Waals surface area contributed by atoms with Crippen LogP contribution in [0.3, 0.4) is 0 Å². The van der Waals surface area contributed by atoms with E-state index in [-0.39, 0.29) is 0 Å². The Balaban J connectivity index is 1.40. The third-order valence-electron chi connectivity index (χ3n) is 4.51. The number of H-pyrrole nitrogens is 1. The second-order valence-electron chi connectivity index (χ2n) is 6.28. The highest BCUT2D eigenvalue weighted by Crippen LogP contribution is 2.17. The largest absolute Gasteiger partial charge is 0.339 e. The van der Waals surface area contributed by atoms with Gasteiger partial charge in [0.05, 0.1) is 0 Å². The van der Waals surface area contributed by atoms with Crippen molar-refractivity contribution < 1.29 is 0 Å². The van der Waals surface area contributed by atoms with Gasteiger partial charge in [0.2, 0.25) is 5.95 Å². The SMILES string of the molecule is Cc1[nH]nc2ncc(CN[C@H]3CCCN(c4ncccn4)C3)cc12. The quantitative estimate of drug-likeness (QED) is 0.762. The van der Waals surface area contributed by atoms with E-state index >= 15 is 0 Å². The zero-order chi connectivity index (χ0) is 16.4. The number of fused-ring (bicyclic) bond motifs is 1. The smallest absolute Gasteiger partial charge is 0.225 e. The summed E-state index contributed by atoms with van der Waals surface area (Å²) in [4.78, 5) is 15.4. The molecule has 1 fully saturated rings. The Bertz CT molecular complexity index is 814. The molecule has 0 unspecified atom stereocenters. The monoisotopic (exact) mass is 323 g/mol. The first-order valence-electron chi connectivity index (χ1n) is 8.34. The average molecular weight is 323 g/mol. The Hall–Kier alpha value is -2.54. The lowest BCUT2D eigenvalue weighted by atomic mass is 10.1. The Kier molecular flexibility index (Phi) is 4.08. The van der Waals surface area contributed by atoms with E-state index in [4.69, 9.17) is 0 Å². The second-order valence-corrected chi connectivity index (χ2v) is 6.28. The zero-order valence-corrected chi connectivity index (χ0v) is 13.7. The van der Waals surface area contributed by atoms with Crippen LogP contribution in [0.15, 0.2) is 30.7 Å². The highest BCUT2D eigenvalue weighted by atomic mass is 15.3. The first kappa shape index (κ1) is 15.0. The Morgan fingerprint density at radius 1 is 1.29 bits per heavy atom. The third-order valence-corrected chi connectivity index (χ3v) is 4.51. The van der Waals surface area contributed by atoms with Gasteiger partial charge in [-0.15, -0.1) is 0 Å². The summed E-state index contributed by atoms with van der Waals surface area (Å²) in [5.74, 6) is 0.820. The number of piperidine rings is 1. The molecule has 1 saturated heterocycles. The maximum atomic E-state index is 4.42. The average Bonchev–Trinajstić information content (AvgIpc) is 3.02. The van der Waals surface area contributed by atoms with E-state index in [2.05, 4.69) is 41.4 Å². The number of aromatic nitrogens is 5. The first-order valence-corrected chi connectivity index (χ1v) is 8.34. The van der Waals surface area contributed by atoms with Crippen LogP contribution in [0.2, 0.25) is 0 Å². The van der Waals surface area contributed by atoms with Crippen LogP contribution in [-0.2, 0) is 6.54 Å². The molecule has 24 heavy (non-hydrogen) atoms. The van der Waals surface area contributed by atoms with Gasteiger partial charge in [-0.2, -0.15) is 5.10 Å². The molecule has 0 aliphatic carbocycles. The van der Waals surface area contributed by atoms with Gasteiger partial charge in [0.15, 0.2) is 5.65 Å². The summed E-state index contributed by atoms with van der Waals surface area (Å²) in [6.07, 6.45) is 7.81. The number of nitrogens with one attached hydrogen (secondary N) is 2. The zero-order valence-electron chi connectivity index (χ0n) is 13.7. The van der Waals surface area contributed by atoms with Crippen LogP contribution >= 0.6 is 0 Å². The van der Waals surface area contributed by atoms with Crippen molar-refractivity contribution in [2.45, 2.75) is 32.4 Å². The van der Waals surface area contributed by atoms with Crippen molar-refractivity contribution in [1.29, 1.82) is 0 Å². The van der Waals surface area contributed by atoms with Gasteiger partial charge in [-0.05, 0) is 37.5 Å². The van der Waals surface area contributed by atoms with E-state index in [9.17, 15) is 0 Å². The standard InChI is InChI=1S/C17H21N7/c1-12-15-8-13(10-21-16(15)23-22-12)9-20-14-4-2-7-24(11-14)17-18-5-3-6-19-17/h3,5-6,8,10,14,20H,2,4,7,9,11H2,1H3,(H,21,22,23)/t14-/m0/s1. The fraction of sp³-hybridized carbons (Fsp3) is 0.412. The van der Waals surface area contributed by atoms with Crippen LogP contribution in [0.25, 0.3) is 11.0 Å². The van der Waals surface area contributed by atoms with Crippen molar-refractivity contribution in [2.75, 3.05) is 18.0 Å². The van der Waals surface area contributed by atoms with Gasteiger partial charge < -0.3 is 10.2 Å². The Morgan fingerprint density at radius 2 is 2.17 bits per heavy atom. The number of hydrogen-bond acceptors (Lipinski definition) is 6. The van der Waals surface area contributed by atoms with E-state index in [0.717, 1.165) is 48.7 Å². The molecule has 4 heterocycles. The van der Waals surface area contributed by atoms with Crippen LogP contribution in [-0.4, -0.2) is 44.3 Å². The fourth-order valence-corrected chi connectivity index (χ4v) is 3.20. The molecule has 3 aromatic heterocycles. The predicted octanol–water partition coefficient (Wildman–Crippen LogP) is 1.81. The van der Waals surface area contributed by atoms with Crippen molar-refractivity contribution in [3.05, 3.63) is 42.0 Å². The molecule has 7 nitrogen and oxygen atoms in total. The molecular weight excluding hydrogens is 302 g/mol. The van der Waals surface area contributed by atoms with Gasteiger partial charge >= 0.3 is 0 Å². The molecule has 0 saturated carbocycles. The van der Waals surface area contributed by atoms with Crippen molar-refractivity contribution in [3.63, 3.8) is 0 Å². The topological polar surface area (TPSA) is 82.6 Å². The summed E-state index contributed by atoms with van der Waals surface area (Å²) < 4.78 is 0. The number of aromatic amines is 1. The molecule has 3 aromatic rings. The lowest BCUT2D eigenvalue weighted by Gasteiger charge is -2.33. The van der Waals surface area contributed by atoms with Crippen LogP contribution in [0.4, 0.5) is 5.95 Å². The van der Waals surface area contributed by atoms with Crippen molar-refractivity contribution in [1.82, 2.24) is 30.5 Å². The van der Waals surface area contributed by atoms with Gasteiger partial charge in [-0.3, -0.25) is 5.10 Å². The molecule has 0 amide bonds. The Labute approximate surface area is 140 Å². The summed E-state index contributed by atoms with van der Waals surface area (Å²) in [5, 5.41) is 11.9. The molecule has 1 aliphatic heterocycles. The van der Waals surface area contributed by atoms with Crippen LogP contribution < -0.4 is 10.2 Å². The highest BCUT2D eigenvalue weighted by Gasteiger charge is 2.21. The minimum absolute atomic E-state index is 0.434. The minimum Gasteiger partial charge on any atom is -0.339 e. The number of aryl methyl sites for hydroxylation is 1. The number of anilines is 1. The summed E-state index contributed by atoms with van der Waals surface area (Å²) in [5.41, 5.74) is 3.02. The molecule has 0 aromatic carbocycles. The summed E-state index contributed by atoms with van der Waals surface area (Å²) in [6.45, 7) is 4.78. The van der Waals surface area contributed by atoms with E-state index in [0.29, 0.717) is 6.04 Å².